The van der Waals surface area contributed by atoms with E-state index >= 15 is 0 Å². The topological polar surface area (TPSA) is 30.7 Å². The van der Waals surface area contributed by atoms with Crippen LogP contribution in [0.15, 0.2) is 36.4 Å². The minimum atomic E-state index is 0.638. The fraction of sp³-hybridized carbons (Fsp3) is 0.200. The zero-order valence-corrected chi connectivity index (χ0v) is 11.6. The second-order valence-electron chi connectivity index (χ2n) is 4.76. The highest BCUT2D eigenvalue weighted by Gasteiger charge is 2.08. The van der Waals surface area contributed by atoms with Gasteiger partial charge in [0, 0.05) is 5.02 Å². The second-order valence-corrected chi connectivity index (χ2v) is 5.17. The van der Waals surface area contributed by atoms with E-state index in [0.29, 0.717) is 6.54 Å². The Kier molecular flexibility index (Phi) is 2.99. The molecule has 0 aliphatic rings. The van der Waals surface area contributed by atoms with Crippen LogP contribution < -0.4 is 0 Å². The van der Waals surface area contributed by atoms with Gasteiger partial charge in [-0.2, -0.15) is 0 Å². The van der Waals surface area contributed by atoms with Gasteiger partial charge < -0.3 is 0 Å². The van der Waals surface area contributed by atoms with Crippen molar-refractivity contribution in [3.63, 3.8) is 0 Å². The predicted octanol–water partition coefficient (Wildman–Crippen LogP) is 3.75. The van der Waals surface area contributed by atoms with Crippen molar-refractivity contribution in [3.8, 4) is 0 Å². The fourth-order valence-electron chi connectivity index (χ4n) is 2.13. The maximum absolute atomic E-state index is 6.19. The summed E-state index contributed by atoms with van der Waals surface area (Å²) in [6.07, 6.45) is 0. The third-order valence-electron chi connectivity index (χ3n) is 3.41. The Labute approximate surface area is 116 Å². The number of hydrogen-bond acceptors (Lipinski definition) is 2. The van der Waals surface area contributed by atoms with Gasteiger partial charge >= 0.3 is 0 Å². The van der Waals surface area contributed by atoms with Crippen molar-refractivity contribution >= 4 is 22.6 Å². The standard InChI is InChI=1S/C15H14ClN3/c1-10-7-14-15(8-11(10)2)19(18-17-14)9-12-5-3-4-6-13(12)16/h3-8H,9H2,1-2H3. The highest BCUT2D eigenvalue weighted by molar-refractivity contribution is 6.31. The maximum atomic E-state index is 6.19. The summed E-state index contributed by atoms with van der Waals surface area (Å²) in [5.74, 6) is 0. The lowest BCUT2D eigenvalue weighted by molar-refractivity contribution is 0.670. The highest BCUT2D eigenvalue weighted by Crippen LogP contribution is 2.20. The molecule has 0 spiro atoms. The molecule has 0 aliphatic heterocycles. The van der Waals surface area contributed by atoms with Crippen molar-refractivity contribution in [1.29, 1.82) is 0 Å². The summed E-state index contributed by atoms with van der Waals surface area (Å²) >= 11 is 6.19. The van der Waals surface area contributed by atoms with Crippen molar-refractivity contribution < 1.29 is 0 Å². The van der Waals surface area contributed by atoms with E-state index in [0.717, 1.165) is 21.6 Å². The molecule has 0 radical (unpaired) electrons. The van der Waals surface area contributed by atoms with Gasteiger partial charge in [0.05, 0.1) is 12.1 Å². The second kappa shape index (κ2) is 4.67. The van der Waals surface area contributed by atoms with E-state index < -0.39 is 0 Å². The lowest BCUT2D eigenvalue weighted by atomic mass is 10.1. The Morgan fingerprint density at radius 1 is 1.11 bits per heavy atom. The summed E-state index contributed by atoms with van der Waals surface area (Å²) < 4.78 is 1.89. The summed E-state index contributed by atoms with van der Waals surface area (Å²) in [6, 6.07) is 12.0. The minimum Gasteiger partial charge on any atom is -0.240 e. The Balaban J connectivity index is 2.07. The van der Waals surface area contributed by atoms with E-state index in [1.807, 2.05) is 28.9 Å². The largest absolute Gasteiger partial charge is 0.240 e. The molecule has 3 nitrogen and oxygen atoms in total. The molecular weight excluding hydrogens is 258 g/mol. The van der Waals surface area contributed by atoms with Crippen LogP contribution in [0.4, 0.5) is 0 Å². The Hall–Kier alpha value is -1.87. The smallest absolute Gasteiger partial charge is 0.113 e. The van der Waals surface area contributed by atoms with E-state index in [1.54, 1.807) is 0 Å². The van der Waals surface area contributed by atoms with Gasteiger partial charge in [-0.3, -0.25) is 0 Å². The molecule has 0 fully saturated rings. The van der Waals surface area contributed by atoms with Crippen LogP contribution in [-0.4, -0.2) is 15.0 Å². The van der Waals surface area contributed by atoms with Gasteiger partial charge in [-0.15, -0.1) is 5.10 Å². The zero-order chi connectivity index (χ0) is 13.4. The monoisotopic (exact) mass is 271 g/mol. The molecule has 0 unspecified atom stereocenters. The van der Waals surface area contributed by atoms with Crippen molar-refractivity contribution in [2.75, 3.05) is 0 Å². The van der Waals surface area contributed by atoms with Crippen molar-refractivity contribution in [2.45, 2.75) is 20.4 Å². The van der Waals surface area contributed by atoms with Crippen LogP contribution in [0.25, 0.3) is 11.0 Å². The van der Waals surface area contributed by atoms with Crippen LogP contribution in [0.5, 0.6) is 0 Å². The molecule has 0 bridgehead atoms. The number of hydrogen-bond donors (Lipinski definition) is 0. The predicted molar refractivity (Wildman–Crippen MR) is 77.6 cm³/mol. The third-order valence-corrected chi connectivity index (χ3v) is 3.78. The first-order chi connectivity index (χ1) is 9.15. The lowest BCUT2D eigenvalue weighted by Gasteiger charge is -2.06. The van der Waals surface area contributed by atoms with E-state index in [-0.39, 0.29) is 0 Å². The molecule has 0 saturated heterocycles. The van der Waals surface area contributed by atoms with Gasteiger partial charge in [-0.25, -0.2) is 4.68 Å². The number of benzene rings is 2. The van der Waals surface area contributed by atoms with Crippen molar-refractivity contribution in [2.24, 2.45) is 0 Å². The Morgan fingerprint density at radius 3 is 2.63 bits per heavy atom. The molecule has 0 amide bonds. The summed E-state index contributed by atoms with van der Waals surface area (Å²) in [7, 11) is 0. The van der Waals surface area contributed by atoms with Crippen LogP contribution >= 0.6 is 11.6 Å². The zero-order valence-electron chi connectivity index (χ0n) is 10.9. The molecule has 0 atom stereocenters. The summed E-state index contributed by atoms with van der Waals surface area (Å²) in [5.41, 5.74) is 5.50. The highest BCUT2D eigenvalue weighted by atomic mass is 35.5. The van der Waals surface area contributed by atoms with Crippen molar-refractivity contribution in [1.82, 2.24) is 15.0 Å². The molecular formula is C15H14ClN3. The lowest BCUT2D eigenvalue weighted by Crippen LogP contribution is -2.02. The number of nitrogens with zero attached hydrogens (tertiary/aromatic N) is 3. The van der Waals surface area contributed by atoms with Crippen LogP contribution in [0.3, 0.4) is 0 Å². The molecule has 4 heteroatoms. The van der Waals surface area contributed by atoms with Gasteiger partial charge in [0.2, 0.25) is 0 Å². The fourth-order valence-corrected chi connectivity index (χ4v) is 2.32. The molecule has 3 rings (SSSR count). The molecule has 96 valence electrons. The summed E-state index contributed by atoms with van der Waals surface area (Å²) in [6.45, 7) is 4.82. The minimum absolute atomic E-state index is 0.638. The van der Waals surface area contributed by atoms with Gasteiger partial charge in [0.25, 0.3) is 0 Å². The maximum Gasteiger partial charge on any atom is 0.113 e. The molecule has 3 aromatic rings. The number of aromatic nitrogens is 3. The first kappa shape index (κ1) is 12.2. The van der Waals surface area contributed by atoms with E-state index in [4.69, 9.17) is 11.6 Å². The molecule has 0 aliphatic carbocycles. The van der Waals surface area contributed by atoms with Crippen LogP contribution in [0, 0.1) is 13.8 Å². The van der Waals surface area contributed by atoms with Crippen LogP contribution in [-0.2, 0) is 6.54 Å². The van der Waals surface area contributed by atoms with E-state index in [2.05, 4.69) is 36.3 Å². The molecule has 1 heterocycles. The number of fused-ring (bicyclic) bond motifs is 1. The molecule has 19 heavy (non-hydrogen) atoms. The van der Waals surface area contributed by atoms with Gasteiger partial charge in [0.1, 0.15) is 5.52 Å². The normalized spacial score (nSPS) is 11.1. The van der Waals surface area contributed by atoms with Gasteiger partial charge in [0.15, 0.2) is 0 Å². The summed E-state index contributed by atoms with van der Waals surface area (Å²) in [5, 5.41) is 9.20. The molecule has 0 N–H and O–H groups in total. The third kappa shape index (κ3) is 2.22. The number of rotatable bonds is 2. The number of halogens is 1. The first-order valence-corrected chi connectivity index (χ1v) is 6.57. The van der Waals surface area contributed by atoms with E-state index in [1.165, 1.54) is 11.1 Å². The average Bonchev–Trinajstić information content (AvgIpc) is 2.76. The van der Waals surface area contributed by atoms with E-state index in [9.17, 15) is 0 Å². The van der Waals surface area contributed by atoms with Crippen molar-refractivity contribution in [3.05, 3.63) is 58.1 Å². The molecule has 0 saturated carbocycles. The van der Waals surface area contributed by atoms with Gasteiger partial charge in [-0.1, -0.05) is 35.0 Å². The van der Waals surface area contributed by atoms with Gasteiger partial charge in [-0.05, 0) is 48.7 Å². The SMILES string of the molecule is Cc1cc2nnn(Cc3ccccc3Cl)c2cc1C. The first-order valence-electron chi connectivity index (χ1n) is 6.19. The molecule has 2 aromatic carbocycles. The average molecular weight is 272 g/mol. The Morgan fingerprint density at radius 2 is 1.84 bits per heavy atom. The number of aryl methyl sites for hydroxylation is 2. The summed E-state index contributed by atoms with van der Waals surface area (Å²) in [4.78, 5) is 0. The van der Waals surface area contributed by atoms with Crippen LogP contribution in [0.2, 0.25) is 5.02 Å². The Bertz CT molecular complexity index is 746. The van der Waals surface area contributed by atoms with Crippen LogP contribution in [0.1, 0.15) is 16.7 Å². The quantitative estimate of drug-likeness (QED) is 0.711. The molecule has 1 aromatic heterocycles.